The lowest BCUT2D eigenvalue weighted by Gasteiger charge is -2.35. The maximum absolute atomic E-state index is 13.0. The van der Waals surface area contributed by atoms with Crippen LogP contribution >= 0.6 is 0 Å². The van der Waals surface area contributed by atoms with Gasteiger partial charge in [0, 0.05) is 24.8 Å². The fourth-order valence-corrected chi connectivity index (χ4v) is 3.74. The fraction of sp³-hybridized carbons (Fsp3) is 0.667. The van der Waals surface area contributed by atoms with Gasteiger partial charge in [-0.3, -0.25) is 14.4 Å². The average Bonchev–Trinajstić information content (AvgIpc) is 2.76. The van der Waals surface area contributed by atoms with Gasteiger partial charge in [-0.2, -0.15) is 0 Å². The van der Waals surface area contributed by atoms with Crippen molar-refractivity contribution >= 4 is 24.0 Å². The van der Waals surface area contributed by atoms with Gasteiger partial charge in [-0.15, -0.1) is 0 Å². The predicted molar refractivity (Wildman–Crippen MR) is 148 cm³/mol. The van der Waals surface area contributed by atoms with E-state index in [1.807, 2.05) is 30.3 Å². The molecule has 1 aromatic rings. The summed E-state index contributed by atoms with van der Waals surface area (Å²) in [4.78, 5) is 50.8. The van der Waals surface area contributed by atoms with E-state index in [9.17, 15) is 19.2 Å². The summed E-state index contributed by atoms with van der Waals surface area (Å²) < 4.78 is 21.8. The lowest BCUT2D eigenvalue weighted by atomic mass is 9.83. The Balaban J connectivity index is 3.18. The Labute approximate surface area is 233 Å². The molecule has 0 unspecified atom stereocenters. The van der Waals surface area contributed by atoms with Crippen molar-refractivity contribution in [3.05, 3.63) is 35.9 Å². The molecule has 0 aliphatic carbocycles. The minimum Gasteiger partial charge on any atom is -0.460 e. The standard InChI is InChI=1S/C30H47NO8/c1-27(2,3)37-23(32)15-18-30(19-16-24(33)38-28(4,5)6,20-17-25(34)39-29(7,8)9)31-26(35)36-21-22-13-11-10-12-14-22/h10-14H,15-21H2,1-9H3,(H,31,35). The van der Waals surface area contributed by atoms with Gasteiger partial charge in [0.1, 0.15) is 23.4 Å². The van der Waals surface area contributed by atoms with E-state index in [0.29, 0.717) is 0 Å². The molecule has 1 N–H and O–H groups in total. The highest BCUT2D eigenvalue weighted by molar-refractivity contribution is 5.73. The zero-order valence-electron chi connectivity index (χ0n) is 25.1. The van der Waals surface area contributed by atoms with Crippen LogP contribution in [0, 0.1) is 0 Å². The van der Waals surface area contributed by atoms with Crippen LogP contribution < -0.4 is 5.32 Å². The number of ether oxygens (including phenoxy) is 4. The van der Waals surface area contributed by atoms with E-state index in [-0.39, 0.29) is 45.1 Å². The van der Waals surface area contributed by atoms with Gasteiger partial charge in [0.25, 0.3) is 0 Å². The first-order valence-corrected chi connectivity index (χ1v) is 13.4. The van der Waals surface area contributed by atoms with Crippen LogP contribution in [0.25, 0.3) is 0 Å². The number of alkyl carbamates (subject to hydrolysis) is 1. The largest absolute Gasteiger partial charge is 0.460 e. The number of rotatable bonds is 12. The second kappa shape index (κ2) is 14.3. The van der Waals surface area contributed by atoms with Gasteiger partial charge in [-0.05, 0) is 87.1 Å². The van der Waals surface area contributed by atoms with Gasteiger partial charge in [0.05, 0.1) is 0 Å². The molecule has 0 heterocycles. The molecule has 39 heavy (non-hydrogen) atoms. The zero-order chi connectivity index (χ0) is 29.9. The summed E-state index contributed by atoms with van der Waals surface area (Å²) in [6.45, 7) is 15.9. The number of benzene rings is 1. The van der Waals surface area contributed by atoms with Crippen LogP contribution in [0.4, 0.5) is 4.79 Å². The number of amides is 1. The molecule has 1 aromatic carbocycles. The zero-order valence-corrected chi connectivity index (χ0v) is 25.1. The number of carbonyl (C=O) groups is 4. The molecule has 0 radical (unpaired) electrons. The summed E-state index contributed by atoms with van der Waals surface area (Å²) in [6.07, 6.45) is -0.497. The molecule has 0 fully saturated rings. The van der Waals surface area contributed by atoms with E-state index in [4.69, 9.17) is 18.9 Å². The quantitative estimate of drug-likeness (QED) is 0.249. The number of hydrogen-bond donors (Lipinski definition) is 1. The smallest absolute Gasteiger partial charge is 0.407 e. The molecule has 0 bridgehead atoms. The first-order chi connectivity index (χ1) is 17.8. The van der Waals surface area contributed by atoms with Crippen LogP contribution in [0.3, 0.4) is 0 Å². The minimum absolute atomic E-state index is 0.0347. The molecule has 1 amide bonds. The predicted octanol–water partition coefficient (Wildman–Crippen LogP) is 6.02. The molecule has 220 valence electrons. The van der Waals surface area contributed by atoms with Gasteiger partial charge in [-0.1, -0.05) is 30.3 Å². The van der Waals surface area contributed by atoms with Crippen molar-refractivity contribution in [2.75, 3.05) is 0 Å². The van der Waals surface area contributed by atoms with Gasteiger partial charge >= 0.3 is 24.0 Å². The normalized spacial score (nSPS) is 12.3. The Bertz CT molecular complexity index is 873. The van der Waals surface area contributed by atoms with Crippen LogP contribution in [-0.4, -0.2) is 46.3 Å². The first kappa shape index (κ1) is 33.9. The third kappa shape index (κ3) is 16.5. The van der Waals surface area contributed by atoms with Crippen molar-refractivity contribution in [2.24, 2.45) is 0 Å². The summed E-state index contributed by atoms with van der Waals surface area (Å²) >= 11 is 0. The van der Waals surface area contributed by atoms with Crippen LogP contribution in [0.2, 0.25) is 0 Å². The van der Waals surface area contributed by atoms with Crippen LogP contribution in [0.1, 0.15) is 106 Å². The van der Waals surface area contributed by atoms with Crippen LogP contribution in [-0.2, 0) is 39.9 Å². The Hall–Kier alpha value is -3.10. The highest BCUT2D eigenvalue weighted by atomic mass is 16.6. The molecule has 0 aliphatic heterocycles. The molecule has 9 nitrogen and oxygen atoms in total. The van der Waals surface area contributed by atoms with E-state index >= 15 is 0 Å². The molecule has 1 rings (SSSR count). The minimum atomic E-state index is -1.14. The van der Waals surface area contributed by atoms with Gasteiger partial charge in [-0.25, -0.2) is 4.79 Å². The van der Waals surface area contributed by atoms with E-state index in [1.54, 1.807) is 62.3 Å². The number of esters is 3. The molecule has 9 heteroatoms. The van der Waals surface area contributed by atoms with Crippen molar-refractivity contribution in [3.63, 3.8) is 0 Å². The highest BCUT2D eigenvalue weighted by Gasteiger charge is 2.36. The maximum atomic E-state index is 13.0. The summed E-state index contributed by atoms with van der Waals surface area (Å²) in [5.41, 5.74) is -2.40. The molecule has 0 atom stereocenters. The summed E-state index contributed by atoms with van der Waals surface area (Å²) in [5.74, 6) is -1.37. The van der Waals surface area contributed by atoms with Gasteiger partial charge in [0.15, 0.2) is 0 Å². The molecule has 0 aliphatic rings. The molecule has 0 spiro atoms. The van der Waals surface area contributed by atoms with E-state index in [1.165, 1.54) is 0 Å². The van der Waals surface area contributed by atoms with Crippen molar-refractivity contribution < 1.29 is 38.1 Å². The first-order valence-electron chi connectivity index (χ1n) is 13.4. The Morgan fingerprint density at radius 2 is 0.974 bits per heavy atom. The molecule has 0 saturated carbocycles. The van der Waals surface area contributed by atoms with Crippen molar-refractivity contribution in [1.29, 1.82) is 0 Å². The number of nitrogens with one attached hydrogen (secondary N) is 1. The third-order valence-corrected chi connectivity index (χ3v) is 5.26. The van der Waals surface area contributed by atoms with Gasteiger partial charge < -0.3 is 24.3 Å². The van der Waals surface area contributed by atoms with Crippen LogP contribution in [0.5, 0.6) is 0 Å². The Morgan fingerprint density at radius 1 is 0.615 bits per heavy atom. The van der Waals surface area contributed by atoms with Gasteiger partial charge in [0.2, 0.25) is 0 Å². The van der Waals surface area contributed by atoms with Crippen molar-refractivity contribution in [2.45, 2.75) is 130 Å². The second-order valence-electron chi connectivity index (χ2n) is 12.7. The lowest BCUT2D eigenvalue weighted by molar-refractivity contribution is -0.155. The fourth-order valence-electron chi connectivity index (χ4n) is 3.74. The summed E-state index contributed by atoms with van der Waals surface area (Å²) in [5, 5.41) is 2.87. The van der Waals surface area contributed by atoms with E-state index in [0.717, 1.165) is 5.56 Å². The number of carbonyl (C=O) groups excluding carboxylic acids is 4. The number of hydrogen-bond acceptors (Lipinski definition) is 8. The summed E-state index contributed by atoms with van der Waals surface area (Å²) in [6, 6.07) is 9.19. The maximum Gasteiger partial charge on any atom is 0.407 e. The topological polar surface area (TPSA) is 117 Å². The van der Waals surface area contributed by atoms with Crippen molar-refractivity contribution in [1.82, 2.24) is 5.32 Å². The van der Waals surface area contributed by atoms with E-state index in [2.05, 4.69) is 5.32 Å². The highest BCUT2D eigenvalue weighted by Crippen LogP contribution is 2.29. The Kier molecular flexibility index (Phi) is 12.5. The molecular formula is C30H47NO8. The van der Waals surface area contributed by atoms with E-state index < -0.39 is 46.3 Å². The monoisotopic (exact) mass is 549 g/mol. The molecule has 0 saturated heterocycles. The summed E-state index contributed by atoms with van der Waals surface area (Å²) in [7, 11) is 0. The molecule has 0 aromatic heterocycles. The average molecular weight is 550 g/mol. The SMILES string of the molecule is CC(C)(C)OC(=O)CCC(CCC(=O)OC(C)(C)C)(CCC(=O)OC(C)(C)C)NC(=O)OCc1ccccc1. The van der Waals surface area contributed by atoms with Crippen molar-refractivity contribution in [3.8, 4) is 0 Å². The lowest BCUT2D eigenvalue weighted by Crippen LogP contribution is -2.50. The second-order valence-corrected chi connectivity index (χ2v) is 12.7. The molecular weight excluding hydrogens is 502 g/mol. The van der Waals surface area contributed by atoms with Crippen LogP contribution in [0.15, 0.2) is 30.3 Å². The Morgan fingerprint density at radius 3 is 1.31 bits per heavy atom. The third-order valence-electron chi connectivity index (χ3n) is 5.26.